The Morgan fingerprint density at radius 3 is 2.64 bits per heavy atom. The molecule has 1 aliphatic carbocycles. The minimum atomic E-state index is 0.766. The first-order valence-electron chi connectivity index (χ1n) is 5.95. The Morgan fingerprint density at radius 1 is 1.29 bits per heavy atom. The van der Waals surface area contributed by atoms with Crippen LogP contribution in [0.25, 0.3) is 0 Å². The summed E-state index contributed by atoms with van der Waals surface area (Å²) >= 11 is 0. The second kappa shape index (κ2) is 6.41. The van der Waals surface area contributed by atoms with Crippen LogP contribution in [0, 0.1) is 11.8 Å². The van der Waals surface area contributed by atoms with Crippen LogP contribution in [0.2, 0.25) is 0 Å². The molecule has 1 rings (SSSR count). The molecule has 2 heteroatoms. The van der Waals surface area contributed by atoms with Gasteiger partial charge in [0.2, 0.25) is 0 Å². The zero-order valence-corrected chi connectivity index (χ0v) is 9.88. The van der Waals surface area contributed by atoms with E-state index in [0.717, 1.165) is 24.5 Å². The van der Waals surface area contributed by atoms with Crippen molar-refractivity contribution in [2.45, 2.75) is 45.1 Å². The molecule has 1 saturated carbocycles. The molecule has 1 N–H and O–H groups in total. The highest BCUT2D eigenvalue weighted by Gasteiger charge is 2.30. The van der Waals surface area contributed by atoms with Gasteiger partial charge in [-0.3, -0.25) is 0 Å². The molecular weight excluding hydrogens is 174 g/mol. The van der Waals surface area contributed by atoms with Gasteiger partial charge in [-0.2, -0.15) is 0 Å². The Bertz CT molecular complexity index is 149. The van der Waals surface area contributed by atoms with Crippen molar-refractivity contribution in [1.82, 2.24) is 5.32 Å². The molecule has 2 nitrogen and oxygen atoms in total. The summed E-state index contributed by atoms with van der Waals surface area (Å²) < 4.78 is 5.06. The zero-order valence-electron chi connectivity index (χ0n) is 9.88. The Morgan fingerprint density at radius 2 is 2.07 bits per heavy atom. The third kappa shape index (κ3) is 3.25. The van der Waals surface area contributed by atoms with Gasteiger partial charge in [0.25, 0.3) is 0 Å². The van der Waals surface area contributed by atoms with Crippen LogP contribution in [0.4, 0.5) is 0 Å². The third-order valence-corrected chi connectivity index (χ3v) is 3.77. The lowest BCUT2D eigenvalue weighted by Gasteiger charge is -2.20. The van der Waals surface area contributed by atoms with E-state index >= 15 is 0 Å². The van der Waals surface area contributed by atoms with E-state index in [1.54, 1.807) is 7.11 Å². The topological polar surface area (TPSA) is 21.3 Å². The summed E-state index contributed by atoms with van der Waals surface area (Å²) in [6, 6.07) is 0.766. The quantitative estimate of drug-likeness (QED) is 0.663. The number of unbranched alkanes of at least 4 members (excludes halogenated alkanes) is 1. The summed E-state index contributed by atoms with van der Waals surface area (Å²) in [7, 11) is 3.88. The fourth-order valence-corrected chi connectivity index (χ4v) is 2.72. The van der Waals surface area contributed by atoms with Gasteiger partial charge in [0.05, 0.1) is 0 Å². The third-order valence-electron chi connectivity index (χ3n) is 3.77. The first-order chi connectivity index (χ1) is 6.79. The van der Waals surface area contributed by atoms with Gasteiger partial charge in [-0.15, -0.1) is 0 Å². The van der Waals surface area contributed by atoms with Crippen molar-refractivity contribution < 1.29 is 4.74 Å². The van der Waals surface area contributed by atoms with Crippen molar-refractivity contribution in [2.24, 2.45) is 11.8 Å². The Kier molecular flexibility index (Phi) is 5.49. The summed E-state index contributed by atoms with van der Waals surface area (Å²) in [5.74, 6) is 1.81. The molecule has 0 saturated heterocycles. The molecule has 84 valence electrons. The maximum atomic E-state index is 5.06. The largest absolute Gasteiger partial charge is 0.385 e. The molecule has 0 spiro atoms. The molecule has 0 aromatic heterocycles. The molecule has 0 aromatic carbocycles. The highest BCUT2D eigenvalue weighted by atomic mass is 16.5. The van der Waals surface area contributed by atoms with Crippen LogP contribution in [0.1, 0.15) is 39.0 Å². The van der Waals surface area contributed by atoms with E-state index in [-0.39, 0.29) is 0 Å². The summed E-state index contributed by atoms with van der Waals surface area (Å²) in [4.78, 5) is 0. The molecular formula is C12H25NO. The number of nitrogens with one attached hydrogen (secondary N) is 1. The number of ether oxygens (including phenoxy) is 1. The normalized spacial score (nSPS) is 32.4. The average Bonchev–Trinajstić information content (AvgIpc) is 2.55. The van der Waals surface area contributed by atoms with Gasteiger partial charge in [-0.25, -0.2) is 0 Å². The summed E-state index contributed by atoms with van der Waals surface area (Å²) in [6.45, 7) is 3.33. The van der Waals surface area contributed by atoms with Crippen molar-refractivity contribution in [2.75, 3.05) is 20.8 Å². The molecule has 0 bridgehead atoms. The average molecular weight is 199 g/mol. The SMILES string of the molecule is CNC1CCC(CCCCOC)C1C. The van der Waals surface area contributed by atoms with E-state index in [9.17, 15) is 0 Å². The predicted octanol–water partition coefficient (Wildman–Crippen LogP) is 2.44. The maximum Gasteiger partial charge on any atom is 0.0462 e. The lowest BCUT2D eigenvalue weighted by molar-refractivity contribution is 0.188. The number of methoxy groups -OCH3 is 1. The van der Waals surface area contributed by atoms with E-state index in [2.05, 4.69) is 19.3 Å². The first-order valence-corrected chi connectivity index (χ1v) is 5.95. The molecule has 0 radical (unpaired) electrons. The molecule has 0 aromatic rings. The minimum absolute atomic E-state index is 0.766. The van der Waals surface area contributed by atoms with Crippen LogP contribution >= 0.6 is 0 Å². The van der Waals surface area contributed by atoms with Crippen LogP contribution in [0.15, 0.2) is 0 Å². The standard InChI is InChI=1S/C12H25NO/c1-10-11(6-4-5-9-14-3)7-8-12(10)13-2/h10-13H,4-9H2,1-3H3. The number of hydrogen-bond acceptors (Lipinski definition) is 2. The van der Waals surface area contributed by atoms with Crippen LogP contribution < -0.4 is 5.32 Å². The highest BCUT2D eigenvalue weighted by Crippen LogP contribution is 2.34. The van der Waals surface area contributed by atoms with E-state index < -0.39 is 0 Å². The molecule has 1 fully saturated rings. The van der Waals surface area contributed by atoms with Crippen LogP contribution in [-0.2, 0) is 4.74 Å². The Hall–Kier alpha value is -0.0800. The monoisotopic (exact) mass is 199 g/mol. The maximum absolute atomic E-state index is 5.06. The summed E-state index contributed by atoms with van der Waals surface area (Å²) in [6.07, 6.45) is 6.73. The molecule has 3 atom stereocenters. The van der Waals surface area contributed by atoms with Gasteiger partial charge in [0.1, 0.15) is 0 Å². The fraction of sp³-hybridized carbons (Fsp3) is 1.00. The number of hydrogen-bond donors (Lipinski definition) is 1. The lowest BCUT2D eigenvalue weighted by Crippen LogP contribution is -2.29. The smallest absolute Gasteiger partial charge is 0.0462 e. The lowest BCUT2D eigenvalue weighted by atomic mass is 9.91. The first kappa shape index (κ1) is 12.0. The van der Waals surface area contributed by atoms with Gasteiger partial charge >= 0.3 is 0 Å². The van der Waals surface area contributed by atoms with Crippen LogP contribution in [0.5, 0.6) is 0 Å². The van der Waals surface area contributed by atoms with Crippen molar-refractivity contribution in [1.29, 1.82) is 0 Å². The van der Waals surface area contributed by atoms with Gasteiger partial charge in [-0.05, 0) is 38.1 Å². The van der Waals surface area contributed by atoms with E-state index in [4.69, 9.17) is 4.74 Å². The zero-order chi connectivity index (χ0) is 10.4. The van der Waals surface area contributed by atoms with Crippen molar-refractivity contribution in [3.05, 3.63) is 0 Å². The van der Waals surface area contributed by atoms with E-state index in [1.807, 2.05) is 0 Å². The summed E-state index contributed by atoms with van der Waals surface area (Å²) in [5.41, 5.74) is 0. The molecule has 1 aliphatic rings. The predicted molar refractivity (Wildman–Crippen MR) is 60.5 cm³/mol. The molecule has 3 unspecified atom stereocenters. The molecule has 14 heavy (non-hydrogen) atoms. The molecule has 0 aliphatic heterocycles. The van der Waals surface area contributed by atoms with Crippen molar-refractivity contribution in [3.8, 4) is 0 Å². The number of rotatable bonds is 6. The fourth-order valence-electron chi connectivity index (χ4n) is 2.72. The Labute approximate surface area is 88.4 Å². The Balaban J connectivity index is 2.13. The highest BCUT2D eigenvalue weighted by molar-refractivity contribution is 4.85. The van der Waals surface area contributed by atoms with Gasteiger partial charge in [0, 0.05) is 19.8 Å². The van der Waals surface area contributed by atoms with E-state index in [1.165, 1.54) is 32.1 Å². The van der Waals surface area contributed by atoms with Crippen molar-refractivity contribution >= 4 is 0 Å². The molecule has 0 amide bonds. The van der Waals surface area contributed by atoms with Gasteiger partial charge in [0.15, 0.2) is 0 Å². The minimum Gasteiger partial charge on any atom is -0.385 e. The summed E-state index contributed by atoms with van der Waals surface area (Å²) in [5, 5.41) is 3.42. The van der Waals surface area contributed by atoms with Crippen LogP contribution in [-0.4, -0.2) is 26.8 Å². The second-order valence-corrected chi connectivity index (χ2v) is 4.58. The molecule has 0 heterocycles. The van der Waals surface area contributed by atoms with Crippen molar-refractivity contribution in [3.63, 3.8) is 0 Å². The van der Waals surface area contributed by atoms with Gasteiger partial charge < -0.3 is 10.1 Å². The van der Waals surface area contributed by atoms with E-state index in [0.29, 0.717) is 0 Å². The second-order valence-electron chi connectivity index (χ2n) is 4.58. The van der Waals surface area contributed by atoms with Crippen LogP contribution in [0.3, 0.4) is 0 Å². The van der Waals surface area contributed by atoms with Gasteiger partial charge in [-0.1, -0.05) is 19.8 Å².